The van der Waals surface area contributed by atoms with Crippen molar-refractivity contribution in [2.24, 2.45) is 0 Å². The summed E-state index contributed by atoms with van der Waals surface area (Å²) in [5.74, 6) is 0.192. The van der Waals surface area contributed by atoms with E-state index < -0.39 is 0 Å². The summed E-state index contributed by atoms with van der Waals surface area (Å²) in [6.07, 6.45) is 0.440. The Morgan fingerprint density at radius 2 is 1.68 bits per heavy atom. The van der Waals surface area contributed by atoms with E-state index in [9.17, 15) is 4.79 Å². The monoisotopic (exact) mass is 337 g/mol. The van der Waals surface area contributed by atoms with Crippen LogP contribution in [0.1, 0.15) is 25.0 Å². The van der Waals surface area contributed by atoms with E-state index in [-0.39, 0.29) is 11.4 Å². The van der Waals surface area contributed by atoms with Crippen molar-refractivity contribution < 1.29 is 4.79 Å². The van der Waals surface area contributed by atoms with Crippen LogP contribution in [0.2, 0.25) is 0 Å². The molecule has 132 valence electrons. The van der Waals surface area contributed by atoms with E-state index in [0.717, 1.165) is 37.4 Å². The normalized spacial score (nSPS) is 17.4. The number of anilines is 1. The Morgan fingerprint density at radius 1 is 1.00 bits per heavy atom. The van der Waals surface area contributed by atoms with Gasteiger partial charge in [0.2, 0.25) is 5.91 Å². The molecule has 1 fully saturated rings. The topological polar surface area (TPSA) is 49.6 Å². The van der Waals surface area contributed by atoms with Crippen LogP contribution in [0.3, 0.4) is 0 Å². The molecule has 1 saturated heterocycles. The van der Waals surface area contributed by atoms with Crippen molar-refractivity contribution in [3.05, 3.63) is 65.7 Å². The van der Waals surface area contributed by atoms with Crippen LogP contribution >= 0.6 is 0 Å². The van der Waals surface area contributed by atoms with Gasteiger partial charge in [0.15, 0.2) is 0 Å². The lowest BCUT2D eigenvalue weighted by atomic mass is 9.97. The van der Waals surface area contributed by atoms with Crippen molar-refractivity contribution in [2.45, 2.75) is 32.4 Å². The molecule has 2 aromatic carbocycles. The van der Waals surface area contributed by atoms with E-state index >= 15 is 0 Å². The smallest absolute Gasteiger partial charge is 0.227 e. The highest BCUT2D eigenvalue weighted by Gasteiger charge is 2.35. The summed E-state index contributed by atoms with van der Waals surface area (Å²) in [5, 5.41) is 0. The number of nitrogens with two attached hydrogens (primary N) is 1. The Balaban J connectivity index is 1.61. The van der Waals surface area contributed by atoms with Crippen LogP contribution in [0.15, 0.2) is 54.6 Å². The van der Waals surface area contributed by atoms with Gasteiger partial charge in [0.25, 0.3) is 0 Å². The van der Waals surface area contributed by atoms with Gasteiger partial charge in [-0.15, -0.1) is 0 Å². The fraction of sp³-hybridized carbons (Fsp3) is 0.381. The summed E-state index contributed by atoms with van der Waals surface area (Å²) in [6, 6.07) is 18.1. The van der Waals surface area contributed by atoms with Crippen molar-refractivity contribution in [1.29, 1.82) is 0 Å². The zero-order valence-corrected chi connectivity index (χ0v) is 15.1. The van der Waals surface area contributed by atoms with E-state index in [0.29, 0.717) is 6.42 Å². The lowest BCUT2D eigenvalue weighted by Crippen LogP contribution is -2.60. The Hall–Kier alpha value is -2.33. The van der Waals surface area contributed by atoms with Gasteiger partial charge in [-0.25, -0.2) is 0 Å². The van der Waals surface area contributed by atoms with Crippen LogP contribution in [0, 0.1) is 0 Å². The Kier molecular flexibility index (Phi) is 5.09. The van der Waals surface area contributed by atoms with Crippen molar-refractivity contribution in [2.75, 3.05) is 25.4 Å². The number of amides is 1. The molecule has 0 atom stereocenters. The molecule has 2 N–H and O–H groups in total. The number of hydrogen-bond donors (Lipinski definition) is 1. The highest BCUT2D eigenvalue weighted by molar-refractivity contribution is 5.79. The van der Waals surface area contributed by atoms with E-state index in [1.807, 2.05) is 35.2 Å². The number of rotatable bonds is 4. The standard InChI is InChI=1S/C21H27N3O/c1-21(2)16-23(20(25)14-17-8-10-19(22)11-9-17)12-13-24(21)15-18-6-4-3-5-7-18/h3-11H,12-16,22H2,1-2H3. The van der Waals surface area contributed by atoms with Gasteiger partial charge in [0, 0.05) is 37.4 Å². The largest absolute Gasteiger partial charge is 0.399 e. The van der Waals surface area contributed by atoms with Crippen LogP contribution < -0.4 is 5.73 Å². The van der Waals surface area contributed by atoms with E-state index in [2.05, 4.69) is 43.0 Å². The van der Waals surface area contributed by atoms with Crippen molar-refractivity contribution >= 4 is 11.6 Å². The number of hydrogen-bond acceptors (Lipinski definition) is 3. The Labute approximate surface area is 150 Å². The second-order valence-corrected chi connectivity index (χ2v) is 7.45. The molecule has 4 heteroatoms. The zero-order valence-electron chi connectivity index (χ0n) is 15.1. The third kappa shape index (κ3) is 4.40. The summed E-state index contributed by atoms with van der Waals surface area (Å²) < 4.78 is 0. The number of benzene rings is 2. The minimum atomic E-state index is -0.0368. The summed E-state index contributed by atoms with van der Waals surface area (Å²) in [5.41, 5.74) is 8.74. The quantitative estimate of drug-likeness (QED) is 0.873. The average molecular weight is 337 g/mol. The van der Waals surface area contributed by atoms with Gasteiger partial charge in [-0.1, -0.05) is 42.5 Å². The first kappa shape index (κ1) is 17.5. The molecule has 0 spiro atoms. The first-order chi connectivity index (χ1) is 11.9. The molecule has 0 unspecified atom stereocenters. The number of carbonyl (C=O) groups is 1. The second-order valence-electron chi connectivity index (χ2n) is 7.45. The molecule has 3 rings (SSSR count). The molecule has 0 aromatic heterocycles. The SMILES string of the molecule is CC1(C)CN(C(=O)Cc2ccc(N)cc2)CCN1Cc1ccccc1. The molecule has 0 radical (unpaired) electrons. The summed E-state index contributed by atoms with van der Waals surface area (Å²) in [4.78, 5) is 17.1. The Morgan fingerprint density at radius 3 is 2.32 bits per heavy atom. The number of piperazine rings is 1. The highest BCUT2D eigenvalue weighted by atomic mass is 16.2. The molecule has 2 aromatic rings. The van der Waals surface area contributed by atoms with Crippen LogP contribution in [0.25, 0.3) is 0 Å². The number of nitrogens with zero attached hydrogens (tertiary/aromatic N) is 2. The van der Waals surface area contributed by atoms with E-state index in [4.69, 9.17) is 5.73 Å². The molecule has 0 saturated carbocycles. The molecule has 4 nitrogen and oxygen atoms in total. The molecule has 1 amide bonds. The lowest BCUT2D eigenvalue weighted by molar-refractivity contribution is -0.135. The van der Waals surface area contributed by atoms with E-state index in [1.165, 1.54) is 5.56 Å². The van der Waals surface area contributed by atoms with Crippen LogP contribution in [0.5, 0.6) is 0 Å². The maximum atomic E-state index is 12.7. The minimum absolute atomic E-state index is 0.0368. The lowest BCUT2D eigenvalue weighted by Gasteiger charge is -2.47. The molecule has 1 aliphatic rings. The van der Waals surface area contributed by atoms with Gasteiger partial charge in [0.1, 0.15) is 0 Å². The minimum Gasteiger partial charge on any atom is -0.399 e. The van der Waals surface area contributed by atoms with E-state index in [1.54, 1.807) is 0 Å². The Bertz CT molecular complexity index is 710. The predicted molar refractivity (Wildman–Crippen MR) is 102 cm³/mol. The fourth-order valence-electron chi connectivity index (χ4n) is 3.42. The van der Waals surface area contributed by atoms with Crippen molar-refractivity contribution in [1.82, 2.24) is 9.80 Å². The predicted octanol–water partition coefficient (Wildman–Crippen LogP) is 2.93. The maximum absolute atomic E-state index is 12.7. The third-order valence-corrected chi connectivity index (χ3v) is 4.98. The number of nitrogen functional groups attached to an aromatic ring is 1. The van der Waals surface area contributed by atoms with Gasteiger partial charge in [0.05, 0.1) is 6.42 Å². The molecular weight excluding hydrogens is 310 g/mol. The fourth-order valence-corrected chi connectivity index (χ4v) is 3.42. The van der Waals surface area contributed by atoms with Gasteiger partial charge in [-0.05, 0) is 37.1 Å². The van der Waals surface area contributed by atoms with Crippen molar-refractivity contribution in [3.63, 3.8) is 0 Å². The summed E-state index contributed by atoms with van der Waals surface area (Å²) in [7, 11) is 0. The molecular formula is C21H27N3O. The molecule has 0 bridgehead atoms. The number of carbonyl (C=O) groups excluding carboxylic acids is 1. The third-order valence-electron chi connectivity index (χ3n) is 4.98. The van der Waals surface area contributed by atoms with Gasteiger partial charge < -0.3 is 10.6 Å². The molecule has 1 aliphatic heterocycles. The van der Waals surface area contributed by atoms with Gasteiger partial charge in [-0.3, -0.25) is 9.69 Å². The van der Waals surface area contributed by atoms with Crippen LogP contribution in [-0.4, -0.2) is 40.9 Å². The average Bonchev–Trinajstić information content (AvgIpc) is 2.59. The van der Waals surface area contributed by atoms with Gasteiger partial charge in [-0.2, -0.15) is 0 Å². The highest BCUT2D eigenvalue weighted by Crippen LogP contribution is 2.24. The molecule has 0 aliphatic carbocycles. The van der Waals surface area contributed by atoms with Crippen LogP contribution in [-0.2, 0) is 17.8 Å². The molecule has 25 heavy (non-hydrogen) atoms. The summed E-state index contributed by atoms with van der Waals surface area (Å²) in [6.45, 7) is 7.80. The van der Waals surface area contributed by atoms with Crippen LogP contribution in [0.4, 0.5) is 5.69 Å². The van der Waals surface area contributed by atoms with Crippen molar-refractivity contribution in [3.8, 4) is 0 Å². The second kappa shape index (κ2) is 7.28. The zero-order chi connectivity index (χ0) is 17.9. The first-order valence-electron chi connectivity index (χ1n) is 8.85. The van der Waals surface area contributed by atoms with Gasteiger partial charge >= 0.3 is 0 Å². The maximum Gasteiger partial charge on any atom is 0.227 e. The molecule has 1 heterocycles. The summed E-state index contributed by atoms with van der Waals surface area (Å²) >= 11 is 0. The first-order valence-corrected chi connectivity index (χ1v) is 8.85.